The smallest absolute Gasteiger partial charge is 0.188 e. The standard InChI is InChI=1S/C11H22OS.5C4H10O4/c1-3-4-5-6-7-8-9-10(2)11(12)13;5*5-1-3(7)4(8)2-6/h10H,3-9H2,1-2H3,(H,12,13);5*3-8H,1-2H2/t;5*3-,4+. The lowest BCUT2D eigenvalue weighted by Gasteiger charge is -2.10. The predicted octanol–water partition coefficient (Wildman–Crippen LogP) is -7.71. The van der Waals surface area contributed by atoms with Crippen molar-refractivity contribution in [3.05, 3.63) is 0 Å². The number of thiol groups is 1. The van der Waals surface area contributed by atoms with Crippen LogP contribution in [-0.4, -0.2) is 234 Å². The molecular weight excluding hydrogens is 740 g/mol. The third-order valence-corrected chi connectivity index (χ3v) is 6.94. The molecule has 328 valence electrons. The lowest BCUT2D eigenvalue weighted by atomic mass is 10.0. The van der Waals surface area contributed by atoms with Gasteiger partial charge in [0.2, 0.25) is 0 Å². The van der Waals surface area contributed by atoms with E-state index in [1.807, 2.05) is 6.92 Å². The number of aliphatic hydroxyl groups is 20. The molecule has 21 nitrogen and oxygen atoms in total. The van der Waals surface area contributed by atoms with Crippen LogP contribution >= 0.6 is 12.6 Å². The van der Waals surface area contributed by atoms with Crippen molar-refractivity contribution < 1.29 is 107 Å². The summed E-state index contributed by atoms with van der Waals surface area (Å²) in [7, 11) is 0. The summed E-state index contributed by atoms with van der Waals surface area (Å²) in [5, 5.41) is 166. The first-order chi connectivity index (χ1) is 24.8. The summed E-state index contributed by atoms with van der Waals surface area (Å²) in [5.41, 5.74) is 0. The van der Waals surface area contributed by atoms with Crippen LogP contribution in [0.25, 0.3) is 0 Å². The molecular formula is C31H72O21S. The van der Waals surface area contributed by atoms with E-state index in [1.165, 1.54) is 38.5 Å². The molecule has 0 radical (unpaired) electrons. The Morgan fingerprint density at radius 1 is 0.377 bits per heavy atom. The van der Waals surface area contributed by atoms with E-state index in [-0.39, 0.29) is 11.0 Å². The number of rotatable bonds is 23. The molecule has 0 saturated heterocycles. The first-order valence-electron chi connectivity index (χ1n) is 16.9. The number of hydrogen-bond acceptors (Lipinski definition) is 21. The van der Waals surface area contributed by atoms with Crippen LogP contribution in [0.15, 0.2) is 0 Å². The van der Waals surface area contributed by atoms with E-state index in [0.717, 1.165) is 6.42 Å². The highest BCUT2D eigenvalue weighted by Gasteiger charge is 2.15. The minimum absolute atomic E-state index is 0.0357. The van der Waals surface area contributed by atoms with Crippen molar-refractivity contribution in [2.45, 2.75) is 120 Å². The van der Waals surface area contributed by atoms with Crippen LogP contribution in [0.5, 0.6) is 0 Å². The van der Waals surface area contributed by atoms with Gasteiger partial charge in [0.25, 0.3) is 0 Å². The molecule has 0 aliphatic carbocycles. The van der Waals surface area contributed by atoms with Gasteiger partial charge in [-0.2, -0.15) is 0 Å². The Morgan fingerprint density at radius 2 is 0.547 bits per heavy atom. The largest absolute Gasteiger partial charge is 0.394 e. The van der Waals surface area contributed by atoms with Crippen LogP contribution in [0.2, 0.25) is 0 Å². The lowest BCUT2D eigenvalue weighted by Crippen LogP contribution is -2.31. The second-order valence-electron chi connectivity index (χ2n) is 11.3. The molecule has 0 aliphatic heterocycles. The zero-order chi connectivity index (χ0) is 42.9. The molecule has 0 saturated carbocycles. The molecule has 0 fully saturated rings. The zero-order valence-corrected chi connectivity index (χ0v) is 31.6. The Bertz CT molecular complexity index is 571. The number of hydrogen-bond donors (Lipinski definition) is 21. The highest BCUT2D eigenvalue weighted by atomic mass is 32.1. The fraction of sp³-hybridized carbons (Fsp3) is 0.968. The predicted molar refractivity (Wildman–Crippen MR) is 192 cm³/mol. The number of unbranched alkanes of at least 4 members (excludes halogenated alkanes) is 5. The van der Waals surface area contributed by atoms with Crippen LogP contribution in [-0.2, 0) is 4.79 Å². The molecule has 0 aromatic carbocycles. The molecule has 22 heteroatoms. The normalized spacial score (nSPS) is 16.7. The lowest BCUT2D eigenvalue weighted by molar-refractivity contribution is -0.113. The maximum atomic E-state index is 10.8. The van der Waals surface area contributed by atoms with Crippen LogP contribution in [0, 0.1) is 5.92 Å². The Labute approximate surface area is 316 Å². The van der Waals surface area contributed by atoms with Gasteiger partial charge in [-0.1, -0.05) is 52.4 Å². The molecule has 53 heavy (non-hydrogen) atoms. The summed E-state index contributed by atoms with van der Waals surface area (Å²) in [4.78, 5) is 10.8. The Hall–Kier alpha value is -0.780. The Balaban J connectivity index is -0.000000127. The van der Waals surface area contributed by atoms with Gasteiger partial charge in [0.05, 0.1) is 66.1 Å². The molecule has 0 heterocycles. The highest BCUT2D eigenvalue weighted by Crippen LogP contribution is 2.13. The third kappa shape index (κ3) is 47.3. The fourth-order valence-electron chi connectivity index (χ4n) is 2.57. The molecule has 0 aromatic rings. The van der Waals surface area contributed by atoms with Crippen LogP contribution in [0.4, 0.5) is 0 Å². The first-order valence-corrected chi connectivity index (χ1v) is 17.3. The Kier molecular flexibility index (Phi) is 57.3. The molecule has 0 aliphatic rings. The van der Waals surface area contributed by atoms with E-state index in [2.05, 4.69) is 19.6 Å². The van der Waals surface area contributed by atoms with Crippen LogP contribution in [0.3, 0.4) is 0 Å². The first kappa shape index (κ1) is 64.1. The molecule has 11 atom stereocenters. The van der Waals surface area contributed by atoms with Crippen molar-refractivity contribution in [3.8, 4) is 0 Å². The van der Waals surface area contributed by atoms with Gasteiger partial charge in [-0.05, 0) is 6.42 Å². The summed E-state index contributed by atoms with van der Waals surface area (Å²) < 4.78 is 0. The maximum absolute atomic E-state index is 10.8. The van der Waals surface area contributed by atoms with Gasteiger partial charge < -0.3 is 102 Å². The average Bonchev–Trinajstić information content (AvgIpc) is 3.19. The monoisotopic (exact) mass is 812 g/mol. The van der Waals surface area contributed by atoms with Gasteiger partial charge in [-0.3, -0.25) is 4.79 Å². The summed E-state index contributed by atoms with van der Waals surface area (Å²) in [6, 6.07) is 0. The zero-order valence-electron chi connectivity index (χ0n) is 30.7. The molecule has 0 spiro atoms. The van der Waals surface area contributed by atoms with E-state index >= 15 is 0 Å². The molecule has 20 N–H and O–H groups in total. The second-order valence-corrected chi connectivity index (χ2v) is 11.7. The summed E-state index contributed by atoms with van der Waals surface area (Å²) in [6.07, 6.45) is -3.45. The van der Waals surface area contributed by atoms with Crippen molar-refractivity contribution in [1.29, 1.82) is 0 Å². The van der Waals surface area contributed by atoms with E-state index in [9.17, 15) is 4.79 Å². The summed E-state index contributed by atoms with van der Waals surface area (Å²) in [5.74, 6) is 0.148. The van der Waals surface area contributed by atoms with Crippen molar-refractivity contribution in [3.63, 3.8) is 0 Å². The van der Waals surface area contributed by atoms with Gasteiger partial charge in [0.15, 0.2) is 5.12 Å². The average molecular weight is 813 g/mol. The summed E-state index contributed by atoms with van der Waals surface area (Å²) in [6.45, 7) is -1.08. The summed E-state index contributed by atoms with van der Waals surface area (Å²) >= 11 is 3.81. The third-order valence-electron chi connectivity index (χ3n) is 6.50. The van der Waals surface area contributed by atoms with Gasteiger partial charge in [-0.25, -0.2) is 0 Å². The fourth-order valence-corrected chi connectivity index (χ4v) is 2.70. The molecule has 1 unspecified atom stereocenters. The minimum atomic E-state index is -1.22. The van der Waals surface area contributed by atoms with E-state index in [4.69, 9.17) is 102 Å². The topological polar surface area (TPSA) is 422 Å². The van der Waals surface area contributed by atoms with Gasteiger partial charge >= 0.3 is 0 Å². The van der Waals surface area contributed by atoms with E-state index in [0.29, 0.717) is 0 Å². The van der Waals surface area contributed by atoms with Gasteiger partial charge in [0, 0.05) is 5.92 Å². The van der Waals surface area contributed by atoms with E-state index in [1.54, 1.807) is 0 Å². The van der Waals surface area contributed by atoms with Gasteiger partial charge in [-0.15, -0.1) is 12.6 Å². The number of carbonyl (C=O) groups is 1. The number of aliphatic hydroxyl groups excluding tert-OH is 20. The SMILES string of the molecule is CCCCCCCCC(C)C(=O)S.OC[C@@H](O)[C@@H](O)CO.OC[C@@H](O)[C@@H](O)CO.OC[C@@H](O)[C@@H](O)CO.OC[C@@H](O)[C@@H](O)CO.OC[C@@H](O)[C@@H](O)CO. The molecule has 0 bridgehead atoms. The van der Waals surface area contributed by atoms with Crippen LogP contribution < -0.4 is 0 Å². The van der Waals surface area contributed by atoms with Crippen molar-refractivity contribution in [1.82, 2.24) is 0 Å². The molecule has 0 amide bonds. The second kappa shape index (κ2) is 47.4. The minimum Gasteiger partial charge on any atom is -0.394 e. The van der Waals surface area contributed by atoms with Crippen molar-refractivity contribution in [2.75, 3.05) is 66.1 Å². The van der Waals surface area contributed by atoms with Crippen molar-refractivity contribution >= 4 is 17.7 Å². The Morgan fingerprint density at radius 3 is 0.698 bits per heavy atom. The van der Waals surface area contributed by atoms with Gasteiger partial charge in [0.1, 0.15) is 61.0 Å². The highest BCUT2D eigenvalue weighted by molar-refractivity contribution is 7.96. The quantitative estimate of drug-likeness (QED) is 0.0336. The molecule has 0 aromatic heterocycles. The molecule has 0 rings (SSSR count). The van der Waals surface area contributed by atoms with Crippen LogP contribution in [0.1, 0.15) is 58.8 Å². The number of carbonyl (C=O) groups excluding carboxylic acids is 1. The maximum Gasteiger partial charge on any atom is 0.188 e. The van der Waals surface area contributed by atoms with Crippen molar-refractivity contribution in [2.24, 2.45) is 5.92 Å². The van der Waals surface area contributed by atoms with E-state index < -0.39 is 127 Å².